The Morgan fingerprint density at radius 3 is 3.00 bits per heavy atom. The van der Waals surface area contributed by atoms with Gasteiger partial charge in [0.05, 0.1) is 19.0 Å². The second-order valence-electron chi connectivity index (χ2n) is 3.37. The number of nitriles is 1. The molecule has 1 aromatic heterocycles. The van der Waals surface area contributed by atoms with Gasteiger partial charge in [0, 0.05) is 6.07 Å². The molecule has 0 fully saturated rings. The molecule has 0 aliphatic rings. The molecule has 6 heteroatoms. The van der Waals surface area contributed by atoms with Crippen molar-refractivity contribution in [2.75, 3.05) is 12.4 Å². The van der Waals surface area contributed by atoms with Crippen LogP contribution in [0.1, 0.15) is 5.56 Å². The van der Waals surface area contributed by atoms with E-state index in [1.165, 1.54) is 37.8 Å². The minimum atomic E-state index is -0.460. The minimum Gasteiger partial charge on any atom is -0.497 e. The van der Waals surface area contributed by atoms with Crippen LogP contribution < -0.4 is 10.1 Å². The molecule has 0 aliphatic heterocycles. The van der Waals surface area contributed by atoms with Crippen LogP contribution in [0.2, 0.25) is 0 Å². The summed E-state index contributed by atoms with van der Waals surface area (Å²) >= 11 is 0. The molecule has 0 saturated heterocycles. The highest BCUT2D eigenvalue weighted by Crippen LogP contribution is 2.24. The van der Waals surface area contributed by atoms with E-state index in [2.05, 4.69) is 15.3 Å². The van der Waals surface area contributed by atoms with Crippen LogP contribution in [0.5, 0.6) is 5.75 Å². The molecule has 2 rings (SSSR count). The van der Waals surface area contributed by atoms with E-state index in [0.717, 1.165) is 0 Å². The summed E-state index contributed by atoms with van der Waals surface area (Å²) in [7, 11) is 1.49. The van der Waals surface area contributed by atoms with Gasteiger partial charge >= 0.3 is 0 Å². The molecule has 2 aromatic rings. The number of aromatic nitrogens is 2. The van der Waals surface area contributed by atoms with Crippen LogP contribution in [-0.2, 0) is 0 Å². The molecule has 0 atom stereocenters. The lowest BCUT2D eigenvalue weighted by atomic mass is 10.2. The second kappa shape index (κ2) is 5.10. The fourth-order valence-electron chi connectivity index (χ4n) is 1.37. The largest absolute Gasteiger partial charge is 0.497 e. The van der Waals surface area contributed by atoms with Crippen molar-refractivity contribution in [3.8, 4) is 11.8 Å². The van der Waals surface area contributed by atoms with Crippen molar-refractivity contribution in [3.63, 3.8) is 0 Å². The normalized spacial score (nSPS) is 9.61. The van der Waals surface area contributed by atoms with Crippen LogP contribution >= 0.6 is 0 Å². The summed E-state index contributed by atoms with van der Waals surface area (Å²) in [5, 5.41) is 11.6. The standard InChI is InChI=1S/C12H9FN4O/c1-18-9-2-3-10(13)11(4-9)17-12-8(5-14)6-15-7-16-12/h2-4,6-7H,1H3,(H,15,16,17). The van der Waals surface area contributed by atoms with Gasteiger partial charge < -0.3 is 10.1 Å². The van der Waals surface area contributed by atoms with E-state index >= 15 is 0 Å². The van der Waals surface area contributed by atoms with Crippen molar-refractivity contribution < 1.29 is 9.13 Å². The van der Waals surface area contributed by atoms with Crippen molar-refractivity contribution in [1.82, 2.24) is 9.97 Å². The van der Waals surface area contributed by atoms with Gasteiger partial charge in [0.25, 0.3) is 0 Å². The first-order chi connectivity index (χ1) is 8.74. The first kappa shape index (κ1) is 11.8. The monoisotopic (exact) mass is 244 g/mol. The first-order valence-corrected chi connectivity index (χ1v) is 5.05. The number of benzene rings is 1. The number of hydrogen-bond acceptors (Lipinski definition) is 5. The molecular formula is C12H9FN4O. The predicted molar refractivity (Wildman–Crippen MR) is 63.0 cm³/mol. The molecule has 18 heavy (non-hydrogen) atoms. The van der Waals surface area contributed by atoms with Gasteiger partial charge in [-0.1, -0.05) is 0 Å². The summed E-state index contributed by atoms with van der Waals surface area (Å²) < 4.78 is 18.6. The Labute approximate surface area is 103 Å². The molecule has 0 saturated carbocycles. The Morgan fingerprint density at radius 1 is 1.44 bits per heavy atom. The summed E-state index contributed by atoms with van der Waals surface area (Å²) in [5.41, 5.74) is 0.421. The molecule has 0 spiro atoms. The molecule has 0 radical (unpaired) electrons. The Kier molecular flexibility index (Phi) is 3.34. The number of halogens is 1. The van der Waals surface area contributed by atoms with Gasteiger partial charge in [-0.25, -0.2) is 14.4 Å². The summed E-state index contributed by atoms with van der Waals surface area (Å²) in [6, 6.07) is 6.19. The molecular weight excluding hydrogens is 235 g/mol. The summed E-state index contributed by atoms with van der Waals surface area (Å²) in [6.07, 6.45) is 2.63. The molecule has 90 valence electrons. The van der Waals surface area contributed by atoms with Crippen molar-refractivity contribution >= 4 is 11.5 Å². The highest BCUT2D eigenvalue weighted by Gasteiger charge is 2.08. The van der Waals surface area contributed by atoms with E-state index in [0.29, 0.717) is 5.75 Å². The van der Waals surface area contributed by atoms with Crippen LogP contribution in [0.25, 0.3) is 0 Å². The van der Waals surface area contributed by atoms with E-state index in [4.69, 9.17) is 10.00 Å². The van der Waals surface area contributed by atoms with Crippen LogP contribution in [-0.4, -0.2) is 17.1 Å². The average Bonchev–Trinajstić information content (AvgIpc) is 2.42. The summed E-state index contributed by atoms with van der Waals surface area (Å²) in [5.74, 6) is 0.296. The highest BCUT2D eigenvalue weighted by molar-refractivity contribution is 5.63. The lowest BCUT2D eigenvalue weighted by molar-refractivity contribution is 0.414. The van der Waals surface area contributed by atoms with Gasteiger partial charge in [-0.15, -0.1) is 0 Å². The van der Waals surface area contributed by atoms with Gasteiger partial charge in [0.2, 0.25) is 0 Å². The Bertz CT molecular complexity index is 609. The summed E-state index contributed by atoms with van der Waals surface area (Å²) in [6.45, 7) is 0. The van der Waals surface area contributed by atoms with E-state index in [1.54, 1.807) is 0 Å². The zero-order valence-corrected chi connectivity index (χ0v) is 9.51. The number of nitrogens with zero attached hydrogens (tertiary/aromatic N) is 3. The topological polar surface area (TPSA) is 70.8 Å². The lowest BCUT2D eigenvalue weighted by Gasteiger charge is -2.09. The van der Waals surface area contributed by atoms with Crippen LogP contribution in [0.15, 0.2) is 30.7 Å². The van der Waals surface area contributed by atoms with Gasteiger partial charge in [-0.05, 0) is 12.1 Å². The van der Waals surface area contributed by atoms with E-state index in [9.17, 15) is 4.39 Å². The predicted octanol–water partition coefficient (Wildman–Crippen LogP) is 2.24. The highest BCUT2D eigenvalue weighted by atomic mass is 19.1. The molecule has 1 aromatic carbocycles. The van der Waals surface area contributed by atoms with Gasteiger partial charge in [-0.2, -0.15) is 5.26 Å². The van der Waals surface area contributed by atoms with E-state index in [-0.39, 0.29) is 17.1 Å². The Hall–Kier alpha value is -2.68. The maximum Gasteiger partial charge on any atom is 0.151 e. The number of rotatable bonds is 3. The van der Waals surface area contributed by atoms with Gasteiger partial charge in [0.1, 0.15) is 29.5 Å². The molecule has 1 N–H and O–H groups in total. The zero-order chi connectivity index (χ0) is 13.0. The number of nitrogens with one attached hydrogen (secondary N) is 1. The van der Waals surface area contributed by atoms with E-state index in [1.807, 2.05) is 6.07 Å². The molecule has 0 bridgehead atoms. The van der Waals surface area contributed by atoms with Crippen molar-refractivity contribution in [2.45, 2.75) is 0 Å². The average molecular weight is 244 g/mol. The molecule has 0 unspecified atom stereocenters. The third kappa shape index (κ3) is 2.35. The number of ether oxygens (including phenoxy) is 1. The van der Waals surface area contributed by atoms with Crippen molar-refractivity contribution in [1.29, 1.82) is 5.26 Å². The maximum absolute atomic E-state index is 13.6. The van der Waals surface area contributed by atoms with Crippen LogP contribution in [0.4, 0.5) is 15.9 Å². The van der Waals surface area contributed by atoms with Crippen molar-refractivity contribution in [3.05, 3.63) is 42.1 Å². The Morgan fingerprint density at radius 2 is 2.28 bits per heavy atom. The third-order valence-corrected chi connectivity index (χ3v) is 2.26. The van der Waals surface area contributed by atoms with Gasteiger partial charge in [-0.3, -0.25) is 0 Å². The van der Waals surface area contributed by atoms with E-state index < -0.39 is 5.82 Å². The summed E-state index contributed by atoms with van der Waals surface area (Å²) in [4.78, 5) is 7.61. The molecule has 5 nitrogen and oxygen atoms in total. The lowest BCUT2D eigenvalue weighted by Crippen LogP contribution is -2.00. The fraction of sp³-hybridized carbons (Fsp3) is 0.0833. The van der Waals surface area contributed by atoms with Crippen molar-refractivity contribution in [2.24, 2.45) is 0 Å². The number of methoxy groups -OCH3 is 1. The van der Waals surface area contributed by atoms with Gasteiger partial charge in [0.15, 0.2) is 5.82 Å². The zero-order valence-electron chi connectivity index (χ0n) is 9.51. The minimum absolute atomic E-state index is 0.185. The SMILES string of the molecule is COc1ccc(F)c(Nc2ncncc2C#N)c1. The second-order valence-corrected chi connectivity index (χ2v) is 3.37. The maximum atomic E-state index is 13.6. The molecule has 0 aliphatic carbocycles. The Balaban J connectivity index is 2.37. The third-order valence-electron chi connectivity index (χ3n) is 2.26. The number of anilines is 2. The molecule has 0 amide bonds. The van der Waals surface area contributed by atoms with Crippen LogP contribution in [0, 0.1) is 17.1 Å². The quantitative estimate of drug-likeness (QED) is 0.896. The smallest absolute Gasteiger partial charge is 0.151 e. The fourth-order valence-corrected chi connectivity index (χ4v) is 1.37. The van der Waals surface area contributed by atoms with Crippen LogP contribution in [0.3, 0.4) is 0 Å². The molecule has 1 heterocycles. The number of hydrogen-bond donors (Lipinski definition) is 1. The first-order valence-electron chi connectivity index (χ1n) is 5.05.